The third-order valence-electron chi connectivity index (χ3n) is 10.8. The van der Waals surface area contributed by atoms with Crippen LogP contribution < -0.4 is 4.90 Å². The second-order valence-corrected chi connectivity index (χ2v) is 15.9. The fraction of sp³-hybridized carbons (Fsp3) is 0. The minimum Gasteiger partial charge on any atom is -0.309 e. The number of aromatic nitrogens is 2. The van der Waals surface area contributed by atoms with E-state index in [-0.39, 0.29) is 0 Å². The van der Waals surface area contributed by atoms with E-state index in [1.807, 2.05) is 23.5 Å². The summed E-state index contributed by atoms with van der Waals surface area (Å²) in [5, 5.41) is 5.09. The second kappa shape index (κ2) is 11.2. The molecule has 3 nitrogen and oxygen atoms in total. The van der Waals surface area contributed by atoms with Crippen molar-refractivity contribution in [2.75, 3.05) is 4.90 Å². The van der Waals surface area contributed by atoms with Gasteiger partial charge in [0.2, 0.25) is 0 Å². The Bertz CT molecular complexity index is 3110. The molecule has 248 valence electrons. The van der Waals surface area contributed by atoms with Crippen LogP contribution in [-0.2, 0) is 0 Å². The highest BCUT2D eigenvalue weighted by molar-refractivity contribution is 8.01. The van der Waals surface area contributed by atoms with Crippen LogP contribution in [0.3, 0.4) is 0 Å². The fourth-order valence-corrected chi connectivity index (χ4v) is 11.0. The van der Waals surface area contributed by atoms with Crippen molar-refractivity contribution in [2.24, 2.45) is 0 Å². The summed E-state index contributed by atoms with van der Waals surface area (Å²) in [5.74, 6) is 0. The van der Waals surface area contributed by atoms with E-state index >= 15 is 0 Å². The highest BCUT2D eigenvalue weighted by Crippen LogP contribution is 2.62. The average molecular weight is 712 g/mol. The van der Waals surface area contributed by atoms with Gasteiger partial charge in [-0.3, -0.25) is 0 Å². The van der Waals surface area contributed by atoms with Crippen LogP contribution in [0.15, 0.2) is 196 Å². The number of para-hydroxylation sites is 5. The lowest BCUT2D eigenvalue weighted by Crippen LogP contribution is -2.19. The summed E-state index contributed by atoms with van der Waals surface area (Å²) in [4.78, 5) is 7.66. The number of hydrogen-bond acceptors (Lipinski definition) is 3. The standard InChI is InChI=1S/C48H29N3S2/c1-3-13-32(14-4-1)49-37-18-8-7-17-34(37)35-27-30(23-25-38(35)49)31-24-26-39-36(28-31)46-42(50(39)33-15-5-2-6-16-33)29-45-47-48(46)53-44-22-12-10-20-41(44)51(47)40-19-9-11-21-43(40)52-45/h1-29H. The van der Waals surface area contributed by atoms with Gasteiger partial charge in [-0.2, -0.15) is 0 Å². The van der Waals surface area contributed by atoms with Crippen LogP contribution in [0.5, 0.6) is 0 Å². The number of benzene rings is 8. The Labute approximate surface area is 314 Å². The number of nitrogens with zero attached hydrogens (tertiary/aromatic N) is 3. The lowest BCUT2D eigenvalue weighted by molar-refractivity contribution is 1.09. The predicted molar refractivity (Wildman–Crippen MR) is 223 cm³/mol. The van der Waals surface area contributed by atoms with E-state index < -0.39 is 0 Å². The summed E-state index contributed by atoms with van der Waals surface area (Å²) in [7, 11) is 0. The maximum atomic E-state index is 2.51. The maximum Gasteiger partial charge on any atom is 0.0749 e. The second-order valence-electron chi connectivity index (χ2n) is 13.7. The van der Waals surface area contributed by atoms with Gasteiger partial charge in [-0.15, -0.1) is 0 Å². The molecule has 2 aromatic heterocycles. The Morgan fingerprint density at radius 3 is 1.58 bits per heavy atom. The van der Waals surface area contributed by atoms with Gasteiger partial charge in [0.15, 0.2) is 0 Å². The lowest BCUT2D eigenvalue weighted by Gasteiger charge is -2.38. The molecule has 0 N–H and O–H groups in total. The van der Waals surface area contributed by atoms with E-state index in [0.717, 1.165) is 0 Å². The van der Waals surface area contributed by atoms with Crippen molar-refractivity contribution >= 4 is 84.2 Å². The highest BCUT2D eigenvalue weighted by Gasteiger charge is 2.35. The first-order chi connectivity index (χ1) is 26.3. The van der Waals surface area contributed by atoms with Crippen LogP contribution in [0.25, 0.3) is 66.1 Å². The van der Waals surface area contributed by atoms with Crippen molar-refractivity contribution < 1.29 is 0 Å². The first kappa shape index (κ1) is 29.4. The van der Waals surface area contributed by atoms with Crippen LogP contribution in [-0.4, -0.2) is 9.13 Å². The number of fused-ring (bicyclic) bond motifs is 11. The minimum atomic E-state index is 1.17. The van der Waals surface area contributed by atoms with Gasteiger partial charge in [-0.1, -0.05) is 115 Å². The molecule has 5 heteroatoms. The number of anilines is 3. The molecule has 0 amide bonds. The topological polar surface area (TPSA) is 13.1 Å². The van der Waals surface area contributed by atoms with Gasteiger partial charge in [0.05, 0.1) is 39.1 Å². The normalized spacial score (nSPS) is 13.1. The largest absolute Gasteiger partial charge is 0.309 e. The maximum absolute atomic E-state index is 2.51. The van der Waals surface area contributed by atoms with Crippen molar-refractivity contribution in [3.8, 4) is 22.5 Å². The van der Waals surface area contributed by atoms with Crippen molar-refractivity contribution in [1.29, 1.82) is 0 Å². The molecule has 8 aromatic carbocycles. The van der Waals surface area contributed by atoms with E-state index in [1.54, 1.807) is 0 Å². The molecule has 53 heavy (non-hydrogen) atoms. The summed E-state index contributed by atoms with van der Waals surface area (Å²) in [6.07, 6.45) is 0. The Kier molecular flexibility index (Phi) is 6.21. The average Bonchev–Trinajstić information content (AvgIpc) is 3.73. The summed E-state index contributed by atoms with van der Waals surface area (Å²) < 4.78 is 4.85. The summed E-state index contributed by atoms with van der Waals surface area (Å²) in [6.45, 7) is 0. The van der Waals surface area contributed by atoms with E-state index in [0.29, 0.717) is 0 Å². The molecule has 0 saturated heterocycles. The van der Waals surface area contributed by atoms with Crippen LogP contribution in [0.2, 0.25) is 0 Å². The van der Waals surface area contributed by atoms with Gasteiger partial charge in [0.1, 0.15) is 0 Å². The van der Waals surface area contributed by atoms with Crippen LogP contribution in [0.4, 0.5) is 17.1 Å². The molecule has 0 radical (unpaired) electrons. The minimum absolute atomic E-state index is 1.17. The molecule has 0 atom stereocenters. The van der Waals surface area contributed by atoms with Gasteiger partial charge in [0, 0.05) is 52.5 Å². The molecule has 0 aliphatic carbocycles. The molecule has 10 aromatic rings. The fourth-order valence-electron chi connectivity index (χ4n) is 8.60. The smallest absolute Gasteiger partial charge is 0.0749 e. The van der Waals surface area contributed by atoms with Gasteiger partial charge < -0.3 is 14.0 Å². The summed E-state index contributed by atoms with van der Waals surface area (Å²) in [6, 6.07) is 64.5. The Hall–Kier alpha value is -6.14. The van der Waals surface area contributed by atoms with Gasteiger partial charge >= 0.3 is 0 Å². The molecule has 0 fully saturated rings. The zero-order valence-electron chi connectivity index (χ0n) is 28.4. The third-order valence-corrected chi connectivity index (χ3v) is 13.1. The van der Waals surface area contributed by atoms with E-state index in [2.05, 4.69) is 190 Å². The highest BCUT2D eigenvalue weighted by atomic mass is 32.2. The van der Waals surface area contributed by atoms with E-state index in [1.165, 1.54) is 103 Å². The van der Waals surface area contributed by atoms with E-state index in [9.17, 15) is 0 Å². The SMILES string of the molecule is c1ccc(-n2c3ccccc3c3cc(-c4ccc5c(c4)c4c6c7c(cc4n5-c4ccccc4)Sc4ccccc4N7c4ccccc4S6)ccc32)cc1. The molecule has 2 aliphatic heterocycles. The molecule has 2 aliphatic rings. The van der Waals surface area contributed by atoms with E-state index in [4.69, 9.17) is 0 Å². The van der Waals surface area contributed by atoms with Crippen molar-refractivity contribution in [1.82, 2.24) is 9.13 Å². The molecule has 4 heterocycles. The molecule has 0 unspecified atom stereocenters. The number of hydrogen-bond donors (Lipinski definition) is 0. The van der Waals surface area contributed by atoms with Crippen LogP contribution in [0, 0.1) is 0 Å². The van der Waals surface area contributed by atoms with Crippen LogP contribution in [0.1, 0.15) is 0 Å². The van der Waals surface area contributed by atoms with Crippen molar-refractivity contribution in [2.45, 2.75) is 19.6 Å². The zero-order valence-corrected chi connectivity index (χ0v) is 30.0. The third kappa shape index (κ3) is 4.20. The molecular formula is C48H29N3S2. The lowest BCUT2D eigenvalue weighted by atomic mass is 10.00. The quantitative estimate of drug-likeness (QED) is 0.181. The first-order valence-corrected chi connectivity index (χ1v) is 19.6. The molecule has 0 saturated carbocycles. The Balaban J connectivity index is 1.14. The van der Waals surface area contributed by atoms with Gasteiger partial charge in [0.25, 0.3) is 0 Å². The summed E-state index contributed by atoms with van der Waals surface area (Å²) >= 11 is 3.80. The Morgan fingerprint density at radius 1 is 0.358 bits per heavy atom. The molecule has 0 bridgehead atoms. The van der Waals surface area contributed by atoms with Crippen LogP contribution >= 0.6 is 23.5 Å². The molecule has 0 spiro atoms. The van der Waals surface area contributed by atoms with Gasteiger partial charge in [-0.05, 0) is 96.1 Å². The van der Waals surface area contributed by atoms with Crippen molar-refractivity contribution in [3.05, 3.63) is 176 Å². The first-order valence-electron chi connectivity index (χ1n) is 17.9. The Morgan fingerprint density at radius 2 is 0.887 bits per heavy atom. The summed E-state index contributed by atoms with van der Waals surface area (Å²) in [5.41, 5.74) is 13.4. The number of rotatable bonds is 3. The monoisotopic (exact) mass is 711 g/mol. The predicted octanol–water partition coefficient (Wildman–Crippen LogP) is 13.9. The molecule has 12 rings (SSSR count). The van der Waals surface area contributed by atoms with Crippen molar-refractivity contribution in [3.63, 3.8) is 0 Å². The zero-order chi connectivity index (χ0) is 34.6. The molecular weight excluding hydrogens is 683 g/mol. The van der Waals surface area contributed by atoms with Gasteiger partial charge in [-0.25, -0.2) is 0 Å².